The molecule has 0 bridgehead atoms. The van der Waals surface area contributed by atoms with Crippen LogP contribution in [0, 0.1) is 4.77 Å². The van der Waals surface area contributed by atoms with Gasteiger partial charge in [0.1, 0.15) is 0 Å². The predicted molar refractivity (Wildman–Crippen MR) is 109 cm³/mol. The summed E-state index contributed by atoms with van der Waals surface area (Å²) >= 11 is 7.46. The van der Waals surface area contributed by atoms with Crippen molar-refractivity contribution in [3.8, 4) is 0 Å². The Morgan fingerprint density at radius 2 is 1.81 bits per heavy atom. The molecule has 2 aliphatic rings. The molecule has 2 aliphatic heterocycles. The van der Waals surface area contributed by atoms with Crippen LogP contribution in [0.2, 0.25) is 0 Å². The highest BCUT2D eigenvalue weighted by atomic mass is 32.1. The van der Waals surface area contributed by atoms with E-state index < -0.39 is 0 Å². The minimum Gasteiger partial charge on any atom is -0.377 e. The van der Waals surface area contributed by atoms with Crippen LogP contribution >= 0.6 is 23.6 Å². The van der Waals surface area contributed by atoms with Crippen molar-refractivity contribution in [1.82, 2.24) is 19.1 Å². The topological polar surface area (TPSA) is 43.9 Å². The summed E-state index contributed by atoms with van der Waals surface area (Å²) < 4.78 is 17.8. The summed E-state index contributed by atoms with van der Waals surface area (Å²) in [5.74, 6) is 0. The van der Waals surface area contributed by atoms with Crippen LogP contribution in [-0.4, -0.2) is 57.6 Å². The number of thiazole rings is 1. The average Bonchev–Trinajstić information content (AvgIpc) is 3.43. The molecule has 0 saturated carbocycles. The van der Waals surface area contributed by atoms with Crippen LogP contribution in [0.4, 0.5) is 0 Å². The Kier molecular flexibility index (Phi) is 5.00. The molecule has 0 spiro atoms. The fourth-order valence-corrected chi connectivity index (χ4v) is 5.47. The molecule has 0 N–H and O–H groups in total. The number of hydrogen-bond donors (Lipinski definition) is 0. The standard InChI is InChI=1S/C19H24N4O2S2/c26-19-22(20-18-23(19)16-7-1-2-8-17(16)27-18)13-21(11-14-5-3-9-24-14)12-15-6-4-10-25-15/h1-2,7-8,14-15H,3-6,9-13H2. The molecule has 2 fully saturated rings. The zero-order chi connectivity index (χ0) is 18.2. The molecule has 2 saturated heterocycles. The molecule has 3 aromatic rings. The van der Waals surface area contributed by atoms with Gasteiger partial charge in [-0.05, 0) is 50.0 Å². The molecule has 1 aromatic carbocycles. The highest BCUT2D eigenvalue weighted by molar-refractivity contribution is 7.71. The Morgan fingerprint density at radius 1 is 1.11 bits per heavy atom. The van der Waals surface area contributed by atoms with Gasteiger partial charge in [-0.3, -0.25) is 9.30 Å². The monoisotopic (exact) mass is 404 g/mol. The first-order chi connectivity index (χ1) is 13.3. The van der Waals surface area contributed by atoms with Gasteiger partial charge < -0.3 is 9.47 Å². The molecule has 2 atom stereocenters. The van der Waals surface area contributed by atoms with E-state index in [0.717, 1.165) is 67.2 Å². The van der Waals surface area contributed by atoms with Crippen molar-refractivity contribution in [3.05, 3.63) is 29.0 Å². The first-order valence-corrected chi connectivity index (χ1v) is 10.9. The summed E-state index contributed by atoms with van der Waals surface area (Å²) in [5, 5.41) is 4.81. The normalized spacial score (nSPS) is 23.3. The van der Waals surface area contributed by atoms with Gasteiger partial charge in [0, 0.05) is 26.3 Å². The highest BCUT2D eigenvalue weighted by Gasteiger charge is 2.25. The summed E-state index contributed by atoms with van der Waals surface area (Å²) in [7, 11) is 0. The van der Waals surface area contributed by atoms with E-state index in [2.05, 4.69) is 33.6 Å². The van der Waals surface area contributed by atoms with Crippen molar-refractivity contribution < 1.29 is 9.47 Å². The van der Waals surface area contributed by atoms with Gasteiger partial charge in [0.2, 0.25) is 9.73 Å². The average molecular weight is 405 g/mol. The highest BCUT2D eigenvalue weighted by Crippen LogP contribution is 2.26. The zero-order valence-corrected chi connectivity index (χ0v) is 16.9. The number of benzene rings is 1. The number of fused-ring (bicyclic) bond motifs is 3. The molecule has 2 unspecified atom stereocenters. The summed E-state index contributed by atoms with van der Waals surface area (Å²) in [4.78, 5) is 3.36. The SMILES string of the molecule is S=c1n(CN(CC2CCCO2)CC2CCCO2)nc2sc3ccccc3n12. The molecule has 6 nitrogen and oxygen atoms in total. The summed E-state index contributed by atoms with van der Waals surface area (Å²) in [6.07, 6.45) is 5.20. The third kappa shape index (κ3) is 3.56. The minimum atomic E-state index is 0.310. The van der Waals surface area contributed by atoms with Gasteiger partial charge in [-0.25, -0.2) is 4.68 Å². The van der Waals surface area contributed by atoms with Crippen LogP contribution in [-0.2, 0) is 16.1 Å². The molecular formula is C19H24N4O2S2. The lowest BCUT2D eigenvalue weighted by Crippen LogP contribution is -2.39. The molecule has 27 heavy (non-hydrogen) atoms. The van der Waals surface area contributed by atoms with Gasteiger partial charge in [-0.2, -0.15) is 0 Å². The first-order valence-electron chi connectivity index (χ1n) is 9.70. The van der Waals surface area contributed by atoms with E-state index in [1.807, 2.05) is 4.68 Å². The molecule has 144 valence electrons. The van der Waals surface area contributed by atoms with E-state index in [-0.39, 0.29) is 0 Å². The van der Waals surface area contributed by atoms with Crippen molar-refractivity contribution in [2.75, 3.05) is 26.3 Å². The van der Waals surface area contributed by atoms with Crippen molar-refractivity contribution in [2.24, 2.45) is 0 Å². The predicted octanol–water partition coefficient (Wildman–Crippen LogP) is 3.70. The van der Waals surface area contributed by atoms with Crippen LogP contribution in [0.1, 0.15) is 25.7 Å². The fourth-order valence-electron chi connectivity index (χ4n) is 4.11. The van der Waals surface area contributed by atoms with Gasteiger partial charge in [0.25, 0.3) is 0 Å². The van der Waals surface area contributed by atoms with Gasteiger partial charge in [0.15, 0.2) is 0 Å². The van der Waals surface area contributed by atoms with Crippen LogP contribution in [0.3, 0.4) is 0 Å². The lowest BCUT2D eigenvalue weighted by Gasteiger charge is -2.27. The van der Waals surface area contributed by atoms with Gasteiger partial charge in [-0.1, -0.05) is 23.5 Å². The maximum atomic E-state index is 5.88. The fraction of sp³-hybridized carbons (Fsp3) is 0.579. The van der Waals surface area contributed by atoms with Gasteiger partial charge in [-0.15, -0.1) is 5.10 Å². The molecular weight excluding hydrogens is 380 g/mol. The number of ether oxygens (including phenoxy) is 2. The second-order valence-electron chi connectivity index (χ2n) is 7.42. The first kappa shape index (κ1) is 17.8. The molecule has 2 aromatic heterocycles. The largest absolute Gasteiger partial charge is 0.377 e. The van der Waals surface area contributed by atoms with E-state index in [1.54, 1.807) is 11.3 Å². The Balaban J connectivity index is 1.42. The number of aromatic nitrogens is 3. The van der Waals surface area contributed by atoms with Crippen LogP contribution in [0.5, 0.6) is 0 Å². The molecule has 8 heteroatoms. The van der Waals surface area contributed by atoms with Crippen LogP contribution in [0.15, 0.2) is 24.3 Å². The summed E-state index contributed by atoms with van der Waals surface area (Å²) in [6, 6.07) is 8.33. The maximum Gasteiger partial charge on any atom is 0.216 e. The maximum absolute atomic E-state index is 5.88. The Hall–Kier alpha value is -1.32. The van der Waals surface area contributed by atoms with Crippen molar-refractivity contribution >= 4 is 38.7 Å². The number of rotatable bonds is 6. The molecule has 0 amide bonds. The summed E-state index contributed by atoms with van der Waals surface area (Å²) in [6.45, 7) is 4.26. The molecule has 0 aliphatic carbocycles. The van der Waals surface area contributed by atoms with Crippen molar-refractivity contribution in [3.63, 3.8) is 0 Å². The molecule has 0 radical (unpaired) electrons. The van der Waals surface area contributed by atoms with E-state index in [0.29, 0.717) is 18.9 Å². The molecule has 4 heterocycles. The van der Waals surface area contributed by atoms with E-state index >= 15 is 0 Å². The van der Waals surface area contributed by atoms with E-state index in [9.17, 15) is 0 Å². The number of hydrogen-bond acceptors (Lipinski definition) is 6. The Bertz CT molecular complexity index is 965. The number of nitrogens with zero attached hydrogens (tertiary/aromatic N) is 4. The second kappa shape index (κ2) is 7.60. The smallest absolute Gasteiger partial charge is 0.216 e. The number of para-hydroxylation sites is 1. The van der Waals surface area contributed by atoms with Gasteiger partial charge in [0.05, 0.1) is 29.1 Å². The lowest BCUT2D eigenvalue weighted by atomic mass is 10.2. The molecule has 5 rings (SSSR count). The second-order valence-corrected chi connectivity index (χ2v) is 8.79. The van der Waals surface area contributed by atoms with E-state index in [1.165, 1.54) is 4.70 Å². The quantitative estimate of drug-likeness (QED) is 0.586. The zero-order valence-electron chi connectivity index (χ0n) is 15.2. The van der Waals surface area contributed by atoms with Crippen LogP contribution in [0.25, 0.3) is 15.2 Å². The Labute approximate surface area is 167 Å². The van der Waals surface area contributed by atoms with E-state index in [4.69, 9.17) is 26.8 Å². The lowest BCUT2D eigenvalue weighted by molar-refractivity contribution is 0.0235. The van der Waals surface area contributed by atoms with Crippen molar-refractivity contribution in [2.45, 2.75) is 44.6 Å². The third-order valence-electron chi connectivity index (χ3n) is 5.42. The van der Waals surface area contributed by atoms with Crippen molar-refractivity contribution in [1.29, 1.82) is 0 Å². The Morgan fingerprint density at radius 3 is 2.48 bits per heavy atom. The third-order valence-corrected chi connectivity index (χ3v) is 6.83. The van der Waals surface area contributed by atoms with Crippen LogP contribution < -0.4 is 0 Å². The minimum absolute atomic E-state index is 0.310. The summed E-state index contributed by atoms with van der Waals surface area (Å²) in [5.41, 5.74) is 1.14. The van der Waals surface area contributed by atoms with Gasteiger partial charge >= 0.3 is 0 Å².